The van der Waals surface area contributed by atoms with E-state index in [9.17, 15) is 14.9 Å². The molecule has 152 valence electrons. The fraction of sp³-hybridized carbons (Fsp3) is 0.409. The number of rotatable bonds is 4. The molecule has 2 heterocycles. The standard InChI is InChI=1S/C22H26N4O3/c1-17(22(27)25-11-10-18-4-2-3-5-19(18)16-25)23-12-14-24(15-13-23)20-6-8-21(9-7-20)26(28)29/h2-9,17H,10-16H2,1H3/p+1/t17-/m0/s1. The Hall–Kier alpha value is -2.93. The van der Waals surface area contributed by atoms with Crippen LogP contribution in [0.3, 0.4) is 0 Å². The summed E-state index contributed by atoms with van der Waals surface area (Å²) in [7, 11) is 0. The van der Waals surface area contributed by atoms with E-state index in [0.717, 1.165) is 44.8 Å². The van der Waals surface area contributed by atoms with E-state index in [1.165, 1.54) is 16.0 Å². The van der Waals surface area contributed by atoms with E-state index in [0.29, 0.717) is 6.54 Å². The van der Waals surface area contributed by atoms with Gasteiger partial charge in [-0.25, -0.2) is 0 Å². The van der Waals surface area contributed by atoms with Crippen LogP contribution in [0.15, 0.2) is 48.5 Å². The number of carbonyl (C=O) groups excluding carboxylic acids is 1. The highest BCUT2D eigenvalue weighted by atomic mass is 16.6. The first-order chi connectivity index (χ1) is 14.0. The van der Waals surface area contributed by atoms with Crippen molar-refractivity contribution in [3.05, 3.63) is 69.8 Å². The number of benzene rings is 2. The topological polar surface area (TPSA) is 71.1 Å². The lowest BCUT2D eigenvalue weighted by Gasteiger charge is -2.38. The molecule has 0 aromatic heterocycles. The van der Waals surface area contributed by atoms with Crippen molar-refractivity contribution >= 4 is 17.3 Å². The summed E-state index contributed by atoms with van der Waals surface area (Å²) >= 11 is 0. The Morgan fingerprint density at radius 1 is 1.03 bits per heavy atom. The van der Waals surface area contributed by atoms with E-state index in [4.69, 9.17) is 0 Å². The molecule has 2 aromatic carbocycles. The molecular weight excluding hydrogens is 368 g/mol. The number of anilines is 1. The van der Waals surface area contributed by atoms with Crippen LogP contribution in [0.4, 0.5) is 11.4 Å². The van der Waals surface area contributed by atoms with Crippen LogP contribution in [0.25, 0.3) is 0 Å². The number of quaternary nitrogens is 1. The molecule has 1 fully saturated rings. The third kappa shape index (κ3) is 4.10. The highest BCUT2D eigenvalue weighted by molar-refractivity contribution is 5.80. The molecule has 0 bridgehead atoms. The monoisotopic (exact) mass is 395 g/mol. The number of hydrogen-bond donors (Lipinski definition) is 1. The number of nitro benzene ring substituents is 1. The summed E-state index contributed by atoms with van der Waals surface area (Å²) in [5.41, 5.74) is 3.73. The number of amides is 1. The van der Waals surface area contributed by atoms with Crippen molar-refractivity contribution in [3.63, 3.8) is 0 Å². The molecule has 1 atom stereocenters. The highest BCUT2D eigenvalue weighted by Crippen LogP contribution is 2.20. The summed E-state index contributed by atoms with van der Waals surface area (Å²) in [5, 5.41) is 10.8. The quantitative estimate of drug-likeness (QED) is 0.625. The zero-order chi connectivity index (χ0) is 20.4. The maximum atomic E-state index is 13.1. The van der Waals surface area contributed by atoms with Gasteiger partial charge in [0.1, 0.15) is 0 Å². The molecular formula is C22H27N4O3+. The van der Waals surface area contributed by atoms with Crippen molar-refractivity contribution in [1.82, 2.24) is 4.90 Å². The molecule has 0 saturated carbocycles. The van der Waals surface area contributed by atoms with Gasteiger partial charge in [-0.1, -0.05) is 24.3 Å². The number of hydrogen-bond acceptors (Lipinski definition) is 4. The van der Waals surface area contributed by atoms with Crippen LogP contribution in [0.2, 0.25) is 0 Å². The van der Waals surface area contributed by atoms with Gasteiger partial charge in [0.05, 0.1) is 31.1 Å². The Labute approximate surface area is 170 Å². The first kappa shape index (κ1) is 19.4. The molecule has 29 heavy (non-hydrogen) atoms. The summed E-state index contributed by atoms with van der Waals surface area (Å²) < 4.78 is 0. The van der Waals surface area contributed by atoms with Crippen molar-refractivity contribution in [3.8, 4) is 0 Å². The Bertz CT molecular complexity index is 891. The first-order valence-electron chi connectivity index (χ1n) is 10.2. The molecule has 0 spiro atoms. The van der Waals surface area contributed by atoms with E-state index >= 15 is 0 Å². The predicted octanol–water partition coefficient (Wildman–Crippen LogP) is 1.27. The fourth-order valence-electron chi connectivity index (χ4n) is 4.40. The number of non-ortho nitro benzene ring substituents is 1. The van der Waals surface area contributed by atoms with Gasteiger partial charge in [-0.3, -0.25) is 14.9 Å². The van der Waals surface area contributed by atoms with E-state index in [1.54, 1.807) is 12.1 Å². The largest absolute Gasteiger partial charge is 0.360 e. The van der Waals surface area contributed by atoms with Crippen molar-refractivity contribution < 1.29 is 14.6 Å². The van der Waals surface area contributed by atoms with Gasteiger partial charge >= 0.3 is 0 Å². The summed E-state index contributed by atoms with van der Waals surface area (Å²) in [6, 6.07) is 15.0. The molecule has 7 nitrogen and oxygen atoms in total. The number of nitrogens with one attached hydrogen (secondary N) is 1. The van der Waals surface area contributed by atoms with E-state index < -0.39 is 0 Å². The molecule has 2 aliphatic rings. The van der Waals surface area contributed by atoms with Crippen LogP contribution in [0, 0.1) is 10.1 Å². The lowest BCUT2D eigenvalue weighted by molar-refractivity contribution is -0.915. The molecule has 2 aromatic rings. The summed E-state index contributed by atoms with van der Waals surface area (Å²) in [6.45, 7) is 6.99. The minimum Gasteiger partial charge on any atom is -0.360 e. The molecule has 0 radical (unpaired) electrons. The van der Waals surface area contributed by atoms with Crippen LogP contribution in [0.5, 0.6) is 0 Å². The number of piperazine rings is 1. The van der Waals surface area contributed by atoms with Gasteiger partial charge < -0.3 is 14.7 Å². The minimum atomic E-state index is -0.377. The first-order valence-corrected chi connectivity index (χ1v) is 10.2. The summed E-state index contributed by atoms with van der Waals surface area (Å²) in [4.78, 5) is 29.1. The van der Waals surface area contributed by atoms with E-state index in [2.05, 4.69) is 23.1 Å². The van der Waals surface area contributed by atoms with Gasteiger partial charge in [0.2, 0.25) is 0 Å². The Balaban J connectivity index is 1.33. The Morgan fingerprint density at radius 2 is 1.69 bits per heavy atom. The van der Waals surface area contributed by atoms with Crippen LogP contribution in [-0.2, 0) is 17.8 Å². The number of carbonyl (C=O) groups is 1. The average molecular weight is 395 g/mol. The number of nitro groups is 1. The number of nitrogens with zero attached hydrogens (tertiary/aromatic N) is 3. The minimum absolute atomic E-state index is 0.0562. The molecule has 4 rings (SSSR count). The molecule has 1 N–H and O–H groups in total. The zero-order valence-corrected chi connectivity index (χ0v) is 16.7. The smallest absolute Gasteiger partial charge is 0.280 e. The maximum Gasteiger partial charge on any atom is 0.280 e. The molecule has 0 unspecified atom stereocenters. The second-order valence-electron chi connectivity index (χ2n) is 7.92. The van der Waals surface area contributed by atoms with Crippen LogP contribution < -0.4 is 9.80 Å². The lowest BCUT2D eigenvalue weighted by Crippen LogP contribution is -3.19. The van der Waals surface area contributed by atoms with E-state index in [-0.39, 0.29) is 22.6 Å². The van der Waals surface area contributed by atoms with Crippen molar-refractivity contribution in [2.45, 2.75) is 25.9 Å². The van der Waals surface area contributed by atoms with Gasteiger partial charge in [-0.2, -0.15) is 0 Å². The normalized spacial score (nSPS) is 18.2. The fourth-order valence-corrected chi connectivity index (χ4v) is 4.40. The summed E-state index contributed by atoms with van der Waals surface area (Å²) in [5.74, 6) is 0.235. The predicted molar refractivity (Wildman–Crippen MR) is 111 cm³/mol. The van der Waals surface area contributed by atoms with Crippen molar-refractivity contribution in [2.24, 2.45) is 0 Å². The molecule has 1 amide bonds. The SMILES string of the molecule is C[C@@H](C(=O)N1CCc2ccccc2C1)[NH+]1CCN(c2ccc([N+](=O)[O-])cc2)CC1. The van der Waals surface area contributed by atoms with Gasteiger partial charge in [-0.15, -0.1) is 0 Å². The third-order valence-corrected chi connectivity index (χ3v) is 6.26. The summed E-state index contributed by atoms with van der Waals surface area (Å²) in [6.07, 6.45) is 0.928. The Morgan fingerprint density at radius 3 is 2.34 bits per heavy atom. The third-order valence-electron chi connectivity index (χ3n) is 6.26. The van der Waals surface area contributed by atoms with Crippen LogP contribution >= 0.6 is 0 Å². The van der Waals surface area contributed by atoms with Crippen LogP contribution in [0.1, 0.15) is 18.1 Å². The lowest BCUT2D eigenvalue weighted by atomic mass is 9.99. The van der Waals surface area contributed by atoms with Gasteiger partial charge in [0, 0.05) is 30.9 Å². The average Bonchev–Trinajstić information content (AvgIpc) is 2.78. The van der Waals surface area contributed by atoms with Crippen molar-refractivity contribution in [1.29, 1.82) is 0 Å². The van der Waals surface area contributed by atoms with Gasteiger partial charge in [0.15, 0.2) is 6.04 Å². The molecule has 7 heteroatoms. The second kappa shape index (κ2) is 8.21. The van der Waals surface area contributed by atoms with Gasteiger partial charge in [0.25, 0.3) is 11.6 Å². The van der Waals surface area contributed by atoms with Gasteiger partial charge in [-0.05, 0) is 36.6 Å². The van der Waals surface area contributed by atoms with Crippen LogP contribution in [-0.4, -0.2) is 54.5 Å². The second-order valence-corrected chi connectivity index (χ2v) is 7.92. The zero-order valence-electron chi connectivity index (χ0n) is 16.7. The Kier molecular flexibility index (Phi) is 5.49. The molecule has 0 aliphatic carbocycles. The molecule has 1 saturated heterocycles. The number of fused-ring (bicyclic) bond motifs is 1. The van der Waals surface area contributed by atoms with Crippen molar-refractivity contribution in [2.75, 3.05) is 37.6 Å². The highest BCUT2D eigenvalue weighted by Gasteiger charge is 2.33. The molecule has 2 aliphatic heterocycles. The van der Waals surface area contributed by atoms with E-state index in [1.807, 2.05) is 30.0 Å². The maximum absolute atomic E-state index is 13.1.